The van der Waals surface area contributed by atoms with Crippen LogP contribution in [0.15, 0.2) is 60.7 Å². The number of likely N-dealkylation sites (tertiary alicyclic amines) is 1. The van der Waals surface area contributed by atoms with Crippen LogP contribution in [0.4, 0.5) is 0 Å². The van der Waals surface area contributed by atoms with Crippen molar-refractivity contribution in [2.75, 3.05) is 13.1 Å². The van der Waals surface area contributed by atoms with E-state index < -0.39 is 0 Å². The standard InChI is InChI=1S/C25H27N5OS/c1-18-15-23-27-29(25(32)30(23)22-10-6-5-9-21(18)22)17-28-13-11-20(12-14-28)24(31)26-16-19-7-3-2-4-8-19/h2-10,15,20H,11-14,16-17H2,1H3,(H,26,31). The summed E-state index contributed by atoms with van der Waals surface area (Å²) in [6.45, 7) is 5.06. The highest BCUT2D eigenvalue weighted by Gasteiger charge is 2.25. The van der Waals surface area contributed by atoms with Gasteiger partial charge in [0.1, 0.15) is 0 Å². The lowest BCUT2D eigenvalue weighted by Crippen LogP contribution is -2.41. The Hall–Kier alpha value is -3.03. The van der Waals surface area contributed by atoms with E-state index >= 15 is 0 Å². The van der Waals surface area contributed by atoms with Crippen molar-refractivity contribution < 1.29 is 4.79 Å². The van der Waals surface area contributed by atoms with E-state index in [2.05, 4.69) is 45.8 Å². The molecule has 7 heteroatoms. The topological polar surface area (TPSA) is 54.6 Å². The summed E-state index contributed by atoms with van der Waals surface area (Å²) in [5.41, 5.74) is 4.29. The maximum Gasteiger partial charge on any atom is 0.223 e. The fourth-order valence-electron chi connectivity index (χ4n) is 4.57. The van der Waals surface area contributed by atoms with Gasteiger partial charge in [-0.05, 0) is 55.2 Å². The highest BCUT2D eigenvalue weighted by Crippen LogP contribution is 2.22. The van der Waals surface area contributed by atoms with Crippen LogP contribution in [0, 0.1) is 17.6 Å². The van der Waals surface area contributed by atoms with E-state index in [0.29, 0.717) is 18.0 Å². The number of fused-ring (bicyclic) bond motifs is 3. The Morgan fingerprint density at radius 3 is 2.59 bits per heavy atom. The number of rotatable bonds is 5. The van der Waals surface area contributed by atoms with Crippen molar-refractivity contribution in [1.29, 1.82) is 0 Å². The van der Waals surface area contributed by atoms with Crippen LogP contribution in [-0.2, 0) is 18.0 Å². The van der Waals surface area contributed by atoms with E-state index in [1.165, 1.54) is 10.9 Å². The van der Waals surface area contributed by atoms with Gasteiger partial charge in [0.2, 0.25) is 10.7 Å². The number of piperidine rings is 1. The number of amides is 1. The maximum atomic E-state index is 12.6. The second-order valence-corrected chi connectivity index (χ2v) is 8.92. The third kappa shape index (κ3) is 4.06. The molecule has 6 nitrogen and oxygen atoms in total. The van der Waals surface area contributed by atoms with Gasteiger partial charge in [0, 0.05) is 30.9 Å². The van der Waals surface area contributed by atoms with Gasteiger partial charge in [-0.15, -0.1) is 0 Å². The van der Waals surface area contributed by atoms with Crippen LogP contribution in [0.1, 0.15) is 24.0 Å². The van der Waals surface area contributed by atoms with Gasteiger partial charge in [0.15, 0.2) is 5.65 Å². The molecule has 32 heavy (non-hydrogen) atoms. The molecule has 0 spiro atoms. The summed E-state index contributed by atoms with van der Waals surface area (Å²) >= 11 is 5.78. The molecule has 4 aromatic rings. The maximum absolute atomic E-state index is 12.6. The number of nitrogens with zero attached hydrogens (tertiary/aromatic N) is 4. The van der Waals surface area contributed by atoms with Crippen molar-refractivity contribution >= 4 is 34.7 Å². The van der Waals surface area contributed by atoms with Crippen LogP contribution in [-0.4, -0.2) is 38.1 Å². The number of pyridine rings is 1. The molecule has 1 saturated heterocycles. The number of para-hydroxylation sites is 1. The Labute approximate surface area is 192 Å². The first-order valence-corrected chi connectivity index (χ1v) is 11.5. The van der Waals surface area contributed by atoms with Gasteiger partial charge in [-0.25, -0.2) is 4.68 Å². The Bertz CT molecular complexity index is 1320. The quantitative estimate of drug-likeness (QED) is 0.465. The van der Waals surface area contributed by atoms with Crippen molar-refractivity contribution in [3.8, 4) is 0 Å². The molecule has 1 N–H and O–H groups in total. The molecule has 2 aromatic carbocycles. The fourth-order valence-corrected chi connectivity index (χ4v) is 4.86. The number of hydrogen-bond donors (Lipinski definition) is 1. The minimum Gasteiger partial charge on any atom is -0.352 e. The van der Waals surface area contributed by atoms with Gasteiger partial charge >= 0.3 is 0 Å². The van der Waals surface area contributed by atoms with Crippen LogP contribution in [0.2, 0.25) is 0 Å². The molecule has 5 rings (SSSR count). The van der Waals surface area contributed by atoms with E-state index in [0.717, 1.165) is 42.7 Å². The first kappa shape index (κ1) is 20.8. The molecule has 1 amide bonds. The van der Waals surface area contributed by atoms with E-state index in [1.807, 2.05) is 41.1 Å². The Kier molecular flexibility index (Phi) is 5.76. The average molecular weight is 446 g/mol. The molecule has 0 unspecified atom stereocenters. The Morgan fingerprint density at radius 2 is 1.81 bits per heavy atom. The van der Waals surface area contributed by atoms with Gasteiger partial charge in [-0.3, -0.25) is 14.1 Å². The van der Waals surface area contributed by atoms with Crippen LogP contribution in [0.3, 0.4) is 0 Å². The molecule has 0 bridgehead atoms. The van der Waals surface area contributed by atoms with Gasteiger partial charge in [-0.2, -0.15) is 5.10 Å². The van der Waals surface area contributed by atoms with Crippen molar-refractivity contribution in [3.05, 3.63) is 76.6 Å². The number of carbonyl (C=O) groups is 1. The molecule has 1 fully saturated rings. The van der Waals surface area contributed by atoms with Gasteiger partial charge in [0.25, 0.3) is 0 Å². The molecule has 3 heterocycles. The molecule has 0 radical (unpaired) electrons. The zero-order valence-electron chi connectivity index (χ0n) is 18.2. The van der Waals surface area contributed by atoms with E-state index in [-0.39, 0.29) is 11.8 Å². The summed E-state index contributed by atoms with van der Waals surface area (Å²) in [5.74, 6) is 0.218. The predicted molar refractivity (Wildman–Crippen MR) is 129 cm³/mol. The van der Waals surface area contributed by atoms with Gasteiger partial charge in [-0.1, -0.05) is 48.5 Å². The Balaban J connectivity index is 1.24. The third-order valence-corrected chi connectivity index (χ3v) is 6.77. The number of carbonyl (C=O) groups excluding carboxylic acids is 1. The smallest absolute Gasteiger partial charge is 0.223 e. The van der Waals surface area contributed by atoms with Crippen molar-refractivity contribution in [1.82, 2.24) is 24.4 Å². The molecular weight excluding hydrogens is 418 g/mol. The van der Waals surface area contributed by atoms with Crippen LogP contribution >= 0.6 is 12.2 Å². The lowest BCUT2D eigenvalue weighted by molar-refractivity contribution is -0.126. The second-order valence-electron chi connectivity index (χ2n) is 8.56. The number of aryl methyl sites for hydroxylation is 1. The van der Waals surface area contributed by atoms with Gasteiger partial charge in [0.05, 0.1) is 12.2 Å². The third-order valence-electron chi connectivity index (χ3n) is 6.38. The molecular formula is C25H27N5OS. The zero-order valence-corrected chi connectivity index (χ0v) is 19.0. The Morgan fingerprint density at radius 1 is 1.09 bits per heavy atom. The highest BCUT2D eigenvalue weighted by atomic mass is 32.1. The summed E-state index contributed by atoms with van der Waals surface area (Å²) in [6, 6.07) is 20.4. The minimum atomic E-state index is 0.0654. The van der Waals surface area contributed by atoms with Crippen molar-refractivity contribution in [2.24, 2.45) is 5.92 Å². The lowest BCUT2D eigenvalue weighted by atomic mass is 9.96. The normalized spacial score (nSPS) is 15.4. The van der Waals surface area contributed by atoms with Crippen LogP contribution in [0.25, 0.3) is 16.6 Å². The van der Waals surface area contributed by atoms with Crippen molar-refractivity contribution in [3.63, 3.8) is 0 Å². The lowest BCUT2D eigenvalue weighted by Gasteiger charge is -2.30. The number of nitrogens with one attached hydrogen (secondary N) is 1. The number of aromatic nitrogens is 3. The summed E-state index contributed by atoms with van der Waals surface area (Å²) in [5, 5.41) is 9.07. The molecule has 164 valence electrons. The second kappa shape index (κ2) is 8.84. The molecule has 1 aliphatic rings. The number of hydrogen-bond acceptors (Lipinski definition) is 4. The predicted octanol–water partition coefficient (Wildman–Crippen LogP) is 4.31. The fraction of sp³-hybridized carbons (Fsp3) is 0.320. The molecule has 0 aliphatic carbocycles. The summed E-state index contributed by atoms with van der Waals surface area (Å²) in [7, 11) is 0. The van der Waals surface area contributed by atoms with E-state index in [1.54, 1.807) is 0 Å². The van der Waals surface area contributed by atoms with Crippen LogP contribution in [0.5, 0.6) is 0 Å². The highest BCUT2D eigenvalue weighted by molar-refractivity contribution is 7.71. The summed E-state index contributed by atoms with van der Waals surface area (Å²) < 4.78 is 4.67. The minimum absolute atomic E-state index is 0.0654. The van der Waals surface area contributed by atoms with E-state index in [4.69, 9.17) is 17.3 Å². The monoisotopic (exact) mass is 445 g/mol. The largest absolute Gasteiger partial charge is 0.352 e. The molecule has 0 saturated carbocycles. The zero-order chi connectivity index (χ0) is 22.1. The van der Waals surface area contributed by atoms with Gasteiger partial charge < -0.3 is 5.32 Å². The van der Waals surface area contributed by atoms with E-state index in [9.17, 15) is 4.79 Å². The number of benzene rings is 2. The molecule has 1 aliphatic heterocycles. The molecule has 2 aromatic heterocycles. The molecule has 0 atom stereocenters. The first-order valence-electron chi connectivity index (χ1n) is 11.1. The average Bonchev–Trinajstić information content (AvgIpc) is 3.13. The summed E-state index contributed by atoms with van der Waals surface area (Å²) in [6.07, 6.45) is 1.70. The first-order chi connectivity index (χ1) is 15.6. The van der Waals surface area contributed by atoms with Crippen molar-refractivity contribution in [2.45, 2.75) is 33.0 Å². The summed E-state index contributed by atoms with van der Waals surface area (Å²) in [4.78, 5) is 14.9. The SMILES string of the molecule is Cc1cc2nn(CN3CCC(C(=O)NCc4ccccc4)CC3)c(=S)n2c2ccccc12. The van der Waals surface area contributed by atoms with Crippen LogP contribution < -0.4 is 5.32 Å².